The molecule has 0 amide bonds. The molecule has 1 aromatic carbocycles. The largest absolute Gasteiger partial charge is 0.481 e. The zero-order chi connectivity index (χ0) is 18.3. The van der Waals surface area contributed by atoms with Gasteiger partial charge in [0.1, 0.15) is 0 Å². The molecule has 0 aromatic heterocycles. The summed E-state index contributed by atoms with van der Waals surface area (Å²) in [4.78, 5) is 33.3. The van der Waals surface area contributed by atoms with E-state index in [2.05, 4.69) is 14.2 Å². The topological polar surface area (TPSA) is 136 Å². The van der Waals surface area contributed by atoms with E-state index in [-0.39, 0.29) is 30.5 Å². The average Bonchev–Trinajstić information content (AvgIpc) is 2.56. The van der Waals surface area contributed by atoms with Crippen molar-refractivity contribution in [2.45, 2.75) is 17.7 Å². The second kappa shape index (κ2) is 8.41. The predicted molar refractivity (Wildman–Crippen MR) is 81.2 cm³/mol. The third kappa shape index (κ3) is 5.03. The Balaban J connectivity index is 3.18. The molecule has 0 heterocycles. The fourth-order valence-corrected chi connectivity index (χ4v) is 3.08. The molecule has 0 saturated heterocycles. The number of carbonyl (C=O) groups excluding carboxylic acids is 2. The lowest BCUT2D eigenvalue weighted by Gasteiger charge is -2.11. The van der Waals surface area contributed by atoms with Gasteiger partial charge >= 0.3 is 17.9 Å². The highest BCUT2D eigenvalue weighted by Crippen LogP contribution is 2.19. The van der Waals surface area contributed by atoms with Crippen molar-refractivity contribution in [3.63, 3.8) is 0 Å². The molecule has 0 aliphatic rings. The Morgan fingerprint density at radius 2 is 1.75 bits per heavy atom. The fraction of sp³-hybridized carbons (Fsp3) is 0.357. The lowest BCUT2D eigenvalue weighted by atomic mass is 10.1. The summed E-state index contributed by atoms with van der Waals surface area (Å²) < 4.78 is 36.0. The van der Waals surface area contributed by atoms with Crippen LogP contribution in [0, 0.1) is 0 Å². The van der Waals surface area contributed by atoms with E-state index in [1.54, 1.807) is 0 Å². The molecule has 0 radical (unpaired) electrons. The summed E-state index contributed by atoms with van der Waals surface area (Å²) in [5, 5.41) is 8.54. The van der Waals surface area contributed by atoms with Gasteiger partial charge in [-0.05, 0) is 24.6 Å². The van der Waals surface area contributed by atoms with E-state index in [4.69, 9.17) is 5.11 Å². The van der Waals surface area contributed by atoms with Crippen molar-refractivity contribution in [2.75, 3.05) is 20.8 Å². The first kappa shape index (κ1) is 19.6. The molecule has 0 fully saturated rings. The van der Waals surface area contributed by atoms with Crippen LogP contribution in [0.25, 0.3) is 0 Å². The van der Waals surface area contributed by atoms with Gasteiger partial charge in [0.05, 0.1) is 30.2 Å². The summed E-state index contributed by atoms with van der Waals surface area (Å²) in [6, 6.07) is 3.38. The van der Waals surface area contributed by atoms with E-state index in [0.717, 1.165) is 26.4 Å². The Morgan fingerprint density at radius 1 is 1.12 bits per heavy atom. The van der Waals surface area contributed by atoms with Gasteiger partial charge in [0.25, 0.3) is 0 Å². The molecule has 0 spiro atoms. The average molecular weight is 359 g/mol. The maximum atomic E-state index is 12.4. The van der Waals surface area contributed by atoms with Gasteiger partial charge < -0.3 is 14.6 Å². The fourth-order valence-electron chi connectivity index (χ4n) is 1.79. The van der Waals surface area contributed by atoms with Crippen molar-refractivity contribution in [3.8, 4) is 0 Å². The Morgan fingerprint density at radius 3 is 2.29 bits per heavy atom. The Labute approximate surface area is 138 Å². The van der Waals surface area contributed by atoms with Crippen LogP contribution < -0.4 is 4.72 Å². The zero-order valence-electron chi connectivity index (χ0n) is 13.1. The minimum atomic E-state index is -4.16. The second-order valence-electron chi connectivity index (χ2n) is 4.59. The monoisotopic (exact) mass is 359 g/mol. The molecule has 0 aliphatic heterocycles. The minimum Gasteiger partial charge on any atom is -0.481 e. The van der Waals surface area contributed by atoms with E-state index in [1.165, 1.54) is 6.07 Å². The quantitative estimate of drug-likeness (QED) is 0.503. The molecule has 0 saturated carbocycles. The number of ether oxygens (including phenoxy) is 2. The van der Waals surface area contributed by atoms with E-state index in [9.17, 15) is 22.8 Å². The molecule has 24 heavy (non-hydrogen) atoms. The zero-order valence-corrected chi connectivity index (χ0v) is 13.9. The van der Waals surface area contributed by atoms with Gasteiger partial charge in [-0.15, -0.1) is 0 Å². The highest BCUT2D eigenvalue weighted by atomic mass is 32.2. The number of nitrogens with one attached hydrogen (secondary N) is 1. The van der Waals surface area contributed by atoms with Gasteiger partial charge in [-0.2, -0.15) is 0 Å². The molecule has 132 valence electrons. The summed E-state index contributed by atoms with van der Waals surface area (Å²) in [6.45, 7) is -0.141. The van der Waals surface area contributed by atoms with Crippen molar-refractivity contribution < 1.29 is 37.4 Å². The van der Waals surface area contributed by atoms with Gasteiger partial charge in [-0.1, -0.05) is 0 Å². The number of hydrogen-bond acceptors (Lipinski definition) is 7. The van der Waals surface area contributed by atoms with Crippen LogP contribution in [0.3, 0.4) is 0 Å². The SMILES string of the molecule is COC(=O)c1ccc(C(=O)OC)c(S(=O)(=O)NCCCC(=O)O)c1. The summed E-state index contributed by atoms with van der Waals surface area (Å²) in [6.07, 6.45) is -0.145. The third-order valence-corrected chi connectivity index (χ3v) is 4.46. The number of carboxylic acids is 1. The molecule has 0 unspecified atom stereocenters. The van der Waals surface area contributed by atoms with Crippen LogP contribution in [0.4, 0.5) is 0 Å². The third-order valence-electron chi connectivity index (χ3n) is 2.96. The van der Waals surface area contributed by atoms with Gasteiger partial charge in [0.15, 0.2) is 0 Å². The summed E-state index contributed by atoms with van der Waals surface area (Å²) in [7, 11) is -1.94. The molecule has 2 N–H and O–H groups in total. The van der Waals surface area contributed by atoms with E-state index < -0.39 is 32.8 Å². The molecular formula is C14H17NO8S. The smallest absolute Gasteiger partial charge is 0.339 e. The van der Waals surface area contributed by atoms with Crippen molar-refractivity contribution >= 4 is 27.9 Å². The Bertz CT molecular complexity index is 741. The molecule has 0 aliphatic carbocycles. The number of methoxy groups -OCH3 is 2. The lowest BCUT2D eigenvalue weighted by Crippen LogP contribution is -2.27. The first-order valence-corrected chi connectivity index (χ1v) is 8.23. The number of benzene rings is 1. The number of aliphatic carboxylic acids is 1. The van der Waals surface area contributed by atoms with Crippen molar-refractivity contribution in [2.24, 2.45) is 0 Å². The second-order valence-corrected chi connectivity index (χ2v) is 6.32. The van der Waals surface area contributed by atoms with Crippen molar-refractivity contribution in [3.05, 3.63) is 29.3 Å². The van der Waals surface area contributed by atoms with Gasteiger partial charge in [0, 0.05) is 13.0 Å². The van der Waals surface area contributed by atoms with Crippen LogP contribution in [0.5, 0.6) is 0 Å². The molecular weight excluding hydrogens is 342 g/mol. The molecule has 1 rings (SSSR count). The molecule has 9 nitrogen and oxygen atoms in total. The first-order valence-electron chi connectivity index (χ1n) is 6.75. The van der Waals surface area contributed by atoms with Gasteiger partial charge in [0.2, 0.25) is 10.0 Å². The predicted octanol–water partition coefficient (Wildman–Crippen LogP) is 0.403. The van der Waals surface area contributed by atoms with Crippen LogP contribution in [-0.4, -0.2) is 52.2 Å². The van der Waals surface area contributed by atoms with Crippen LogP contribution in [0.2, 0.25) is 0 Å². The maximum Gasteiger partial charge on any atom is 0.339 e. The first-order chi connectivity index (χ1) is 11.2. The molecule has 0 atom stereocenters. The summed E-state index contributed by atoms with van der Waals surface area (Å²) >= 11 is 0. The number of sulfonamides is 1. The lowest BCUT2D eigenvalue weighted by molar-refractivity contribution is -0.137. The van der Waals surface area contributed by atoms with Crippen LogP contribution >= 0.6 is 0 Å². The van der Waals surface area contributed by atoms with Crippen molar-refractivity contribution in [1.82, 2.24) is 4.72 Å². The molecule has 10 heteroatoms. The van der Waals surface area contributed by atoms with E-state index >= 15 is 0 Å². The number of carbonyl (C=O) groups is 3. The van der Waals surface area contributed by atoms with Crippen LogP contribution in [0.15, 0.2) is 23.1 Å². The number of esters is 2. The van der Waals surface area contributed by atoms with Crippen LogP contribution in [-0.2, 0) is 24.3 Å². The highest BCUT2D eigenvalue weighted by molar-refractivity contribution is 7.89. The van der Waals surface area contributed by atoms with E-state index in [0.29, 0.717) is 0 Å². The Kier molecular flexibility index (Phi) is 6.86. The number of rotatable bonds is 8. The maximum absolute atomic E-state index is 12.4. The summed E-state index contributed by atoms with van der Waals surface area (Å²) in [5.74, 6) is -2.72. The van der Waals surface area contributed by atoms with Crippen molar-refractivity contribution in [1.29, 1.82) is 0 Å². The van der Waals surface area contributed by atoms with Gasteiger partial charge in [-0.25, -0.2) is 22.7 Å². The highest BCUT2D eigenvalue weighted by Gasteiger charge is 2.24. The summed E-state index contributed by atoms with van der Waals surface area (Å²) in [5.41, 5.74) is -0.313. The molecule has 0 bridgehead atoms. The number of hydrogen-bond donors (Lipinski definition) is 2. The normalized spacial score (nSPS) is 10.9. The van der Waals surface area contributed by atoms with Gasteiger partial charge in [-0.3, -0.25) is 4.79 Å². The van der Waals surface area contributed by atoms with Crippen LogP contribution in [0.1, 0.15) is 33.6 Å². The minimum absolute atomic E-state index is 0.0592. The standard InChI is InChI=1S/C14H17NO8S/c1-22-13(18)9-5-6-10(14(19)23-2)11(8-9)24(20,21)15-7-3-4-12(16)17/h5-6,8,15H,3-4,7H2,1-2H3,(H,16,17). The Hall–Kier alpha value is -2.46. The molecule has 1 aromatic rings. The number of carboxylic acid groups (broad SMARTS) is 1. The van der Waals surface area contributed by atoms with E-state index in [1.807, 2.05) is 0 Å².